The Hall–Kier alpha value is -2.57. The van der Waals surface area contributed by atoms with Crippen LogP contribution in [0.15, 0.2) is 42.5 Å². The smallest absolute Gasteiger partial charge is 0.407 e. The summed E-state index contributed by atoms with van der Waals surface area (Å²) in [6.45, 7) is 7.83. The molecule has 176 valence electrons. The van der Waals surface area contributed by atoms with E-state index in [1.54, 1.807) is 7.11 Å². The molecular formula is C27H34N2O4. The molecular weight excluding hydrogens is 416 g/mol. The maximum Gasteiger partial charge on any atom is 0.407 e. The zero-order valence-corrected chi connectivity index (χ0v) is 19.8. The van der Waals surface area contributed by atoms with Crippen molar-refractivity contribution < 1.29 is 19.0 Å². The molecule has 1 unspecified atom stereocenters. The number of methoxy groups -OCH3 is 1. The number of hydrogen-bond donors (Lipinski definition) is 1. The topological polar surface area (TPSA) is 60.0 Å². The van der Waals surface area contributed by atoms with Crippen LogP contribution in [0.25, 0.3) is 11.1 Å². The minimum Gasteiger partial charge on any atom is -0.468 e. The fraction of sp³-hybridized carbons (Fsp3) is 0.519. The van der Waals surface area contributed by atoms with Crippen molar-refractivity contribution in [1.82, 2.24) is 10.2 Å². The standard InChI is InChI=1S/C27H34N2O4/c1-27(2)15-21-14-20(18-4-7-22(8-5-18)32-17-31-3)6-9-23(21)25(27)28-26(30)33-24-16-29-12-10-19(24)11-13-29/h4-9,14,19,24-25H,10-13,15-17H2,1-3H3,(H,28,30)/t24-,25?/m0/s1. The molecule has 2 aromatic carbocycles. The first kappa shape index (κ1) is 22.2. The van der Waals surface area contributed by atoms with E-state index in [9.17, 15) is 4.79 Å². The Morgan fingerprint density at radius 1 is 1.09 bits per heavy atom. The number of rotatable bonds is 6. The van der Waals surface area contributed by atoms with Crippen LogP contribution in [0.4, 0.5) is 4.79 Å². The summed E-state index contributed by atoms with van der Waals surface area (Å²) >= 11 is 0. The molecule has 3 aliphatic heterocycles. The van der Waals surface area contributed by atoms with E-state index in [0.29, 0.717) is 5.92 Å². The largest absolute Gasteiger partial charge is 0.468 e. The summed E-state index contributed by atoms with van der Waals surface area (Å²) in [6.07, 6.45) is 2.93. The van der Waals surface area contributed by atoms with Crippen molar-refractivity contribution >= 4 is 6.09 Å². The number of carbonyl (C=O) groups excluding carboxylic acids is 1. The van der Waals surface area contributed by atoms with Gasteiger partial charge in [-0.25, -0.2) is 4.79 Å². The number of alkyl carbamates (subject to hydrolysis) is 1. The molecule has 2 aromatic rings. The Morgan fingerprint density at radius 3 is 2.48 bits per heavy atom. The molecule has 1 aliphatic carbocycles. The average Bonchev–Trinajstić information content (AvgIpc) is 3.07. The Bertz CT molecular complexity index is 996. The highest BCUT2D eigenvalue weighted by molar-refractivity contribution is 5.70. The van der Waals surface area contributed by atoms with Crippen LogP contribution in [0.1, 0.15) is 43.9 Å². The highest BCUT2D eigenvalue weighted by atomic mass is 16.7. The molecule has 0 aromatic heterocycles. The lowest BCUT2D eigenvalue weighted by Crippen LogP contribution is -2.53. The van der Waals surface area contributed by atoms with Gasteiger partial charge in [0.1, 0.15) is 11.9 Å². The van der Waals surface area contributed by atoms with Crippen LogP contribution in [-0.4, -0.2) is 50.6 Å². The Morgan fingerprint density at radius 2 is 1.82 bits per heavy atom. The van der Waals surface area contributed by atoms with E-state index < -0.39 is 0 Å². The van der Waals surface area contributed by atoms with E-state index in [4.69, 9.17) is 14.2 Å². The number of ether oxygens (including phenoxy) is 3. The van der Waals surface area contributed by atoms with Gasteiger partial charge in [0, 0.05) is 13.7 Å². The molecule has 4 aliphatic rings. The van der Waals surface area contributed by atoms with E-state index in [1.807, 2.05) is 12.1 Å². The summed E-state index contributed by atoms with van der Waals surface area (Å²) in [5.41, 5.74) is 4.70. The lowest BCUT2D eigenvalue weighted by atomic mass is 9.85. The van der Waals surface area contributed by atoms with Gasteiger partial charge in [-0.2, -0.15) is 0 Å². The van der Waals surface area contributed by atoms with E-state index in [-0.39, 0.29) is 30.4 Å². The van der Waals surface area contributed by atoms with Crippen LogP contribution >= 0.6 is 0 Å². The second-order valence-electron chi connectivity index (χ2n) is 10.3. The van der Waals surface area contributed by atoms with E-state index in [0.717, 1.165) is 50.2 Å². The average molecular weight is 451 g/mol. The molecule has 3 fully saturated rings. The van der Waals surface area contributed by atoms with Gasteiger partial charge in [-0.15, -0.1) is 0 Å². The second kappa shape index (κ2) is 8.99. The zero-order valence-electron chi connectivity index (χ0n) is 19.8. The van der Waals surface area contributed by atoms with E-state index in [1.165, 1.54) is 16.7 Å². The van der Waals surface area contributed by atoms with Crippen LogP contribution in [0.3, 0.4) is 0 Å². The first-order valence-electron chi connectivity index (χ1n) is 12.0. The zero-order chi connectivity index (χ0) is 23.0. The van der Waals surface area contributed by atoms with Gasteiger partial charge in [-0.1, -0.05) is 44.2 Å². The maximum absolute atomic E-state index is 12.9. The quantitative estimate of drug-likeness (QED) is 0.642. The van der Waals surface area contributed by atoms with Crippen LogP contribution in [-0.2, 0) is 15.9 Å². The predicted molar refractivity (Wildman–Crippen MR) is 127 cm³/mol. The van der Waals surface area contributed by atoms with Gasteiger partial charge in [0.05, 0.1) is 6.04 Å². The fourth-order valence-corrected chi connectivity index (χ4v) is 5.71. The van der Waals surface area contributed by atoms with Crippen molar-refractivity contribution in [2.24, 2.45) is 11.3 Å². The van der Waals surface area contributed by atoms with Crippen molar-refractivity contribution in [3.63, 3.8) is 0 Å². The molecule has 3 heterocycles. The highest BCUT2D eigenvalue weighted by Crippen LogP contribution is 2.46. The molecule has 0 saturated carbocycles. The number of nitrogens with zero attached hydrogens (tertiary/aromatic N) is 1. The third-order valence-corrected chi connectivity index (χ3v) is 7.53. The predicted octanol–water partition coefficient (Wildman–Crippen LogP) is 4.78. The Balaban J connectivity index is 1.28. The number of amides is 1. The normalized spacial score (nSPS) is 27.1. The van der Waals surface area contributed by atoms with Gasteiger partial charge < -0.3 is 19.5 Å². The van der Waals surface area contributed by atoms with Gasteiger partial charge in [-0.05, 0) is 78.1 Å². The van der Waals surface area contributed by atoms with Gasteiger partial charge in [0.2, 0.25) is 0 Å². The summed E-state index contributed by atoms with van der Waals surface area (Å²) in [5, 5.41) is 3.21. The molecule has 6 heteroatoms. The summed E-state index contributed by atoms with van der Waals surface area (Å²) in [4.78, 5) is 15.3. The molecule has 2 bridgehead atoms. The third kappa shape index (κ3) is 4.59. The van der Waals surface area contributed by atoms with Gasteiger partial charge >= 0.3 is 6.09 Å². The lowest BCUT2D eigenvalue weighted by molar-refractivity contribution is -0.0348. The third-order valence-electron chi connectivity index (χ3n) is 7.53. The van der Waals surface area contributed by atoms with Crippen LogP contribution < -0.4 is 10.1 Å². The number of carbonyl (C=O) groups is 1. The van der Waals surface area contributed by atoms with E-state index >= 15 is 0 Å². The number of nitrogens with one attached hydrogen (secondary N) is 1. The van der Waals surface area contributed by atoms with Crippen LogP contribution in [0.2, 0.25) is 0 Å². The monoisotopic (exact) mass is 450 g/mol. The SMILES string of the molecule is COCOc1ccc(-c2ccc3c(c2)CC(C)(C)C3NC(=O)O[C@H]2CN3CCC2CC3)cc1. The van der Waals surface area contributed by atoms with Crippen molar-refractivity contribution in [2.45, 2.75) is 45.3 Å². The van der Waals surface area contributed by atoms with Crippen LogP contribution in [0, 0.1) is 11.3 Å². The van der Waals surface area contributed by atoms with Crippen LogP contribution in [0.5, 0.6) is 5.75 Å². The molecule has 0 radical (unpaired) electrons. The molecule has 1 N–H and O–H groups in total. The molecule has 2 atom stereocenters. The molecule has 0 spiro atoms. The number of hydrogen-bond acceptors (Lipinski definition) is 5. The number of benzene rings is 2. The van der Waals surface area contributed by atoms with Crippen molar-refractivity contribution in [2.75, 3.05) is 33.5 Å². The minimum absolute atomic E-state index is 0.0229. The van der Waals surface area contributed by atoms with Crippen molar-refractivity contribution in [3.8, 4) is 16.9 Å². The molecule has 6 nitrogen and oxygen atoms in total. The Labute approximate surface area is 196 Å². The number of piperidine rings is 3. The van der Waals surface area contributed by atoms with Gasteiger partial charge in [-0.3, -0.25) is 4.90 Å². The van der Waals surface area contributed by atoms with E-state index in [2.05, 4.69) is 54.4 Å². The maximum atomic E-state index is 12.9. The first-order chi connectivity index (χ1) is 15.9. The fourth-order valence-electron chi connectivity index (χ4n) is 5.71. The summed E-state index contributed by atoms with van der Waals surface area (Å²) in [7, 11) is 1.61. The number of fused-ring (bicyclic) bond motifs is 4. The molecule has 3 saturated heterocycles. The summed E-state index contributed by atoms with van der Waals surface area (Å²) in [6, 6.07) is 14.5. The molecule has 6 rings (SSSR count). The summed E-state index contributed by atoms with van der Waals surface area (Å²) < 4.78 is 16.4. The summed E-state index contributed by atoms with van der Waals surface area (Å²) in [5.74, 6) is 1.30. The van der Waals surface area contributed by atoms with Crippen molar-refractivity contribution in [3.05, 3.63) is 53.6 Å². The second-order valence-corrected chi connectivity index (χ2v) is 10.3. The molecule has 1 amide bonds. The van der Waals surface area contributed by atoms with Gasteiger partial charge in [0.25, 0.3) is 0 Å². The lowest BCUT2D eigenvalue weighted by Gasteiger charge is -2.44. The Kier molecular flexibility index (Phi) is 6.06. The molecule has 33 heavy (non-hydrogen) atoms. The minimum atomic E-state index is -0.282. The highest BCUT2D eigenvalue weighted by Gasteiger charge is 2.42. The first-order valence-corrected chi connectivity index (χ1v) is 12.0. The van der Waals surface area contributed by atoms with Gasteiger partial charge in [0.15, 0.2) is 6.79 Å². The van der Waals surface area contributed by atoms with Crippen molar-refractivity contribution in [1.29, 1.82) is 0 Å².